The van der Waals surface area contributed by atoms with E-state index in [0.29, 0.717) is 10.2 Å². The molecular weight excluding hydrogens is 360 g/mol. The zero-order valence-corrected chi connectivity index (χ0v) is 14.2. The molecule has 0 aliphatic rings. The average molecular weight is 377 g/mol. The van der Waals surface area contributed by atoms with Crippen molar-refractivity contribution in [3.63, 3.8) is 0 Å². The zero-order chi connectivity index (χ0) is 16.8. The second-order valence-electron chi connectivity index (χ2n) is 4.87. The van der Waals surface area contributed by atoms with Crippen molar-refractivity contribution in [3.8, 4) is 0 Å². The van der Waals surface area contributed by atoms with Crippen LogP contribution in [0.2, 0.25) is 0 Å². The first-order valence-corrected chi connectivity index (χ1v) is 7.90. The van der Waals surface area contributed by atoms with Gasteiger partial charge >= 0.3 is 5.97 Å². The Balaban J connectivity index is 1.96. The highest BCUT2D eigenvalue weighted by Gasteiger charge is 2.14. The van der Waals surface area contributed by atoms with Crippen molar-refractivity contribution in [1.29, 1.82) is 0 Å². The van der Waals surface area contributed by atoms with Crippen LogP contribution in [0.25, 0.3) is 0 Å². The third-order valence-electron chi connectivity index (χ3n) is 3.24. The molecule has 2 aromatic carbocycles. The second-order valence-corrected chi connectivity index (χ2v) is 5.78. The number of nitrogens with two attached hydrogens (primary N) is 1. The molecule has 0 fully saturated rings. The van der Waals surface area contributed by atoms with Crippen LogP contribution < -0.4 is 11.1 Å². The highest BCUT2D eigenvalue weighted by Crippen LogP contribution is 2.19. The van der Waals surface area contributed by atoms with E-state index in [4.69, 9.17) is 10.5 Å². The largest absolute Gasteiger partial charge is 0.452 e. The predicted molar refractivity (Wildman–Crippen MR) is 93.3 cm³/mol. The van der Waals surface area contributed by atoms with Crippen molar-refractivity contribution in [1.82, 2.24) is 0 Å². The van der Waals surface area contributed by atoms with Crippen LogP contribution in [0.15, 0.2) is 46.9 Å². The van der Waals surface area contributed by atoms with E-state index in [1.54, 1.807) is 18.2 Å². The molecule has 1 amide bonds. The monoisotopic (exact) mass is 376 g/mol. The van der Waals surface area contributed by atoms with Crippen molar-refractivity contribution in [2.45, 2.75) is 13.3 Å². The molecule has 0 heterocycles. The first-order valence-electron chi connectivity index (χ1n) is 7.11. The molecule has 0 saturated heterocycles. The van der Waals surface area contributed by atoms with Gasteiger partial charge in [0.25, 0.3) is 5.91 Å². The molecule has 5 nitrogen and oxygen atoms in total. The molecule has 0 aliphatic heterocycles. The van der Waals surface area contributed by atoms with E-state index in [9.17, 15) is 9.59 Å². The van der Waals surface area contributed by atoms with Crippen molar-refractivity contribution < 1.29 is 14.3 Å². The number of aryl methyl sites for hydroxylation is 1. The van der Waals surface area contributed by atoms with Gasteiger partial charge < -0.3 is 15.8 Å². The maximum Gasteiger partial charge on any atom is 0.340 e. The molecule has 0 unspecified atom stereocenters. The molecule has 6 heteroatoms. The summed E-state index contributed by atoms with van der Waals surface area (Å²) in [6.07, 6.45) is 0.796. The molecule has 0 saturated carbocycles. The summed E-state index contributed by atoms with van der Waals surface area (Å²) in [5.41, 5.74) is 8.00. The van der Waals surface area contributed by atoms with Crippen LogP contribution in [0, 0.1) is 0 Å². The van der Waals surface area contributed by atoms with Gasteiger partial charge in [0.2, 0.25) is 0 Å². The number of carbonyl (C=O) groups excluding carboxylic acids is 2. The number of nitrogen functional groups attached to an aromatic ring is 1. The van der Waals surface area contributed by atoms with Gasteiger partial charge in [0.1, 0.15) is 0 Å². The van der Waals surface area contributed by atoms with Gasteiger partial charge in [0.15, 0.2) is 6.61 Å². The van der Waals surface area contributed by atoms with Crippen molar-refractivity contribution in [3.05, 3.63) is 58.1 Å². The van der Waals surface area contributed by atoms with Crippen molar-refractivity contribution >= 4 is 39.2 Å². The van der Waals surface area contributed by atoms with E-state index in [1.165, 1.54) is 0 Å². The maximum atomic E-state index is 12.0. The third-order valence-corrected chi connectivity index (χ3v) is 3.74. The van der Waals surface area contributed by atoms with Gasteiger partial charge in [-0.05, 0) is 36.2 Å². The normalized spacial score (nSPS) is 10.2. The number of ether oxygens (including phenoxy) is 1. The molecule has 0 bridgehead atoms. The van der Waals surface area contributed by atoms with Crippen LogP contribution in [-0.4, -0.2) is 18.5 Å². The lowest BCUT2D eigenvalue weighted by Crippen LogP contribution is -2.22. The fourth-order valence-electron chi connectivity index (χ4n) is 2.05. The first-order chi connectivity index (χ1) is 11.0. The Morgan fingerprint density at radius 3 is 2.70 bits per heavy atom. The molecular formula is C17H17BrN2O3. The lowest BCUT2D eigenvalue weighted by molar-refractivity contribution is -0.119. The summed E-state index contributed by atoms with van der Waals surface area (Å²) >= 11 is 3.26. The van der Waals surface area contributed by atoms with Gasteiger partial charge in [0.05, 0.1) is 5.56 Å². The smallest absolute Gasteiger partial charge is 0.340 e. The Labute approximate surface area is 143 Å². The van der Waals surface area contributed by atoms with Crippen LogP contribution in [0.4, 0.5) is 11.4 Å². The number of carbonyl (C=O) groups is 2. The molecule has 2 rings (SSSR count). The Bertz CT molecular complexity index is 732. The summed E-state index contributed by atoms with van der Waals surface area (Å²) < 4.78 is 5.73. The van der Waals surface area contributed by atoms with Crippen LogP contribution in [-0.2, 0) is 16.0 Å². The maximum absolute atomic E-state index is 12.0. The Kier molecular flexibility index (Phi) is 5.76. The SMILES string of the molecule is CCc1ccccc1NC(=O)COC(=O)c1cc(Br)ccc1N. The minimum Gasteiger partial charge on any atom is -0.452 e. The summed E-state index contributed by atoms with van der Waals surface area (Å²) in [6.45, 7) is 1.63. The van der Waals surface area contributed by atoms with Gasteiger partial charge in [0, 0.05) is 15.8 Å². The number of anilines is 2. The Hall–Kier alpha value is -2.34. The fraction of sp³-hybridized carbons (Fsp3) is 0.176. The number of benzene rings is 2. The number of amides is 1. The predicted octanol–water partition coefficient (Wildman–Crippen LogP) is 3.39. The van der Waals surface area contributed by atoms with Gasteiger partial charge in [-0.15, -0.1) is 0 Å². The van der Waals surface area contributed by atoms with Crippen molar-refractivity contribution in [2.75, 3.05) is 17.7 Å². The number of rotatable bonds is 5. The van der Waals surface area contributed by atoms with E-state index in [2.05, 4.69) is 21.2 Å². The van der Waals surface area contributed by atoms with Crippen LogP contribution in [0.1, 0.15) is 22.8 Å². The molecule has 120 valence electrons. The van der Waals surface area contributed by atoms with E-state index >= 15 is 0 Å². The van der Waals surface area contributed by atoms with E-state index < -0.39 is 11.9 Å². The number of esters is 1. The number of hydrogen-bond acceptors (Lipinski definition) is 4. The number of nitrogens with one attached hydrogen (secondary N) is 1. The van der Waals surface area contributed by atoms with Crippen LogP contribution in [0.5, 0.6) is 0 Å². The molecule has 0 aliphatic carbocycles. The van der Waals surface area contributed by atoms with Gasteiger partial charge in [-0.25, -0.2) is 4.79 Å². The van der Waals surface area contributed by atoms with Crippen LogP contribution >= 0.6 is 15.9 Å². The van der Waals surface area contributed by atoms with Crippen molar-refractivity contribution in [2.24, 2.45) is 0 Å². The van der Waals surface area contributed by atoms with Crippen LogP contribution in [0.3, 0.4) is 0 Å². The lowest BCUT2D eigenvalue weighted by Gasteiger charge is -2.10. The summed E-state index contributed by atoms with van der Waals surface area (Å²) in [5, 5.41) is 2.74. The molecule has 0 spiro atoms. The third kappa shape index (κ3) is 4.56. The minimum absolute atomic E-state index is 0.223. The lowest BCUT2D eigenvalue weighted by atomic mass is 10.1. The highest BCUT2D eigenvalue weighted by molar-refractivity contribution is 9.10. The Morgan fingerprint density at radius 1 is 1.22 bits per heavy atom. The van der Waals surface area contributed by atoms with E-state index in [-0.39, 0.29) is 12.2 Å². The average Bonchev–Trinajstić information content (AvgIpc) is 2.55. The number of para-hydroxylation sites is 1. The molecule has 0 atom stereocenters. The molecule has 0 radical (unpaired) electrons. The number of hydrogen-bond donors (Lipinski definition) is 2. The fourth-order valence-corrected chi connectivity index (χ4v) is 2.41. The zero-order valence-electron chi connectivity index (χ0n) is 12.6. The van der Waals surface area contributed by atoms with Gasteiger partial charge in [-0.1, -0.05) is 41.1 Å². The quantitative estimate of drug-likeness (QED) is 0.618. The summed E-state index contributed by atoms with van der Waals surface area (Å²) in [4.78, 5) is 23.9. The summed E-state index contributed by atoms with van der Waals surface area (Å²) in [7, 11) is 0. The standard InChI is InChI=1S/C17H17BrN2O3/c1-2-11-5-3-4-6-15(11)20-16(21)10-23-17(22)13-9-12(18)7-8-14(13)19/h3-9H,2,10,19H2,1H3,(H,20,21). The topological polar surface area (TPSA) is 81.4 Å². The molecule has 2 aromatic rings. The summed E-state index contributed by atoms with van der Waals surface area (Å²) in [5.74, 6) is -1.03. The molecule has 0 aromatic heterocycles. The van der Waals surface area contributed by atoms with E-state index in [1.807, 2.05) is 31.2 Å². The second kappa shape index (κ2) is 7.78. The number of halogens is 1. The molecule has 23 heavy (non-hydrogen) atoms. The summed E-state index contributed by atoms with van der Waals surface area (Å²) in [6, 6.07) is 12.4. The highest BCUT2D eigenvalue weighted by atomic mass is 79.9. The Morgan fingerprint density at radius 2 is 1.96 bits per heavy atom. The molecule has 3 N–H and O–H groups in total. The van der Waals surface area contributed by atoms with Gasteiger partial charge in [-0.2, -0.15) is 0 Å². The van der Waals surface area contributed by atoms with Gasteiger partial charge in [-0.3, -0.25) is 4.79 Å². The first kappa shape index (κ1) is 17.0. The minimum atomic E-state index is -0.636. The van der Waals surface area contributed by atoms with E-state index in [0.717, 1.165) is 17.7 Å².